The van der Waals surface area contributed by atoms with Gasteiger partial charge in [-0.25, -0.2) is 9.37 Å². The minimum Gasteiger partial charge on any atom is -0.369 e. The highest BCUT2D eigenvalue weighted by Crippen LogP contribution is 2.24. The average Bonchev–Trinajstić information content (AvgIpc) is 3.26. The van der Waals surface area contributed by atoms with Crippen LogP contribution < -0.4 is 20.3 Å². The molecule has 188 valence electrons. The Balaban J connectivity index is 1.41. The summed E-state index contributed by atoms with van der Waals surface area (Å²) in [5, 5.41) is 5.58. The fraction of sp³-hybridized carbons (Fsp3) is 0.381. The molecule has 1 aromatic heterocycles. The topological polar surface area (TPSA) is 124 Å². The molecule has 0 radical (unpaired) electrons. The number of benzene rings is 1. The maximum absolute atomic E-state index is 13.4. The molecule has 0 bridgehead atoms. The van der Waals surface area contributed by atoms with Crippen molar-refractivity contribution in [3.05, 3.63) is 52.5 Å². The van der Waals surface area contributed by atoms with Gasteiger partial charge in [0.25, 0.3) is 10.2 Å². The Kier molecular flexibility index (Phi) is 7.48. The van der Waals surface area contributed by atoms with Crippen LogP contribution in [-0.2, 0) is 19.8 Å². The Morgan fingerprint density at radius 1 is 1.20 bits per heavy atom. The van der Waals surface area contributed by atoms with Gasteiger partial charge in [-0.3, -0.25) is 9.59 Å². The molecule has 2 unspecified atom stereocenters. The summed E-state index contributed by atoms with van der Waals surface area (Å²) >= 11 is 11.7. The van der Waals surface area contributed by atoms with E-state index >= 15 is 0 Å². The zero-order chi connectivity index (χ0) is 25.3. The van der Waals surface area contributed by atoms with E-state index < -0.39 is 39.9 Å². The van der Waals surface area contributed by atoms with E-state index in [4.69, 9.17) is 23.2 Å². The van der Waals surface area contributed by atoms with E-state index in [9.17, 15) is 22.4 Å². The van der Waals surface area contributed by atoms with E-state index in [1.165, 1.54) is 19.2 Å². The number of nitrogens with one attached hydrogen (secondary N) is 3. The van der Waals surface area contributed by atoms with Crippen LogP contribution in [0.5, 0.6) is 0 Å². The summed E-state index contributed by atoms with van der Waals surface area (Å²) in [4.78, 5) is 31.8. The van der Waals surface area contributed by atoms with Crippen LogP contribution in [0, 0.1) is 5.82 Å². The third-order valence-electron chi connectivity index (χ3n) is 5.98. The minimum atomic E-state index is -4.11. The van der Waals surface area contributed by atoms with Crippen molar-refractivity contribution in [3.63, 3.8) is 0 Å². The second-order valence-electron chi connectivity index (χ2n) is 8.34. The molecule has 0 spiro atoms. The number of hydrogen-bond acceptors (Lipinski definition) is 6. The molecule has 0 saturated carbocycles. The van der Waals surface area contributed by atoms with Crippen molar-refractivity contribution in [3.8, 4) is 0 Å². The number of rotatable bonds is 5. The maximum Gasteiger partial charge on any atom is 0.280 e. The smallest absolute Gasteiger partial charge is 0.280 e. The number of anilines is 2. The average molecular weight is 545 g/mol. The van der Waals surface area contributed by atoms with E-state index in [1.807, 2.05) is 11.0 Å². The fourth-order valence-electron chi connectivity index (χ4n) is 4.09. The van der Waals surface area contributed by atoms with Crippen LogP contribution in [0.15, 0.2) is 36.5 Å². The van der Waals surface area contributed by atoms with Crippen molar-refractivity contribution < 1.29 is 22.4 Å². The lowest BCUT2D eigenvalue weighted by Crippen LogP contribution is -2.63. The van der Waals surface area contributed by atoms with Crippen LogP contribution in [0.2, 0.25) is 10.2 Å². The molecule has 2 saturated heterocycles. The number of pyridine rings is 1. The van der Waals surface area contributed by atoms with Crippen LogP contribution in [0.25, 0.3) is 0 Å². The monoisotopic (exact) mass is 544 g/mol. The molecule has 0 aliphatic carbocycles. The molecule has 2 fully saturated rings. The lowest BCUT2D eigenvalue weighted by atomic mass is 10.1. The van der Waals surface area contributed by atoms with Gasteiger partial charge in [0.2, 0.25) is 11.8 Å². The summed E-state index contributed by atoms with van der Waals surface area (Å²) in [6.45, 7) is 1.19. The largest absolute Gasteiger partial charge is 0.369 e. The highest BCUT2D eigenvalue weighted by atomic mass is 35.5. The highest BCUT2D eigenvalue weighted by molar-refractivity contribution is 7.87. The van der Waals surface area contributed by atoms with Crippen molar-refractivity contribution >= 4 is 56.6 Å². The van der Waals surface area contributed by atoms with Crippen LogP contribution >= 0.6 is 23.2 Å². The van der Waals surface area contributed by atoms with Crippen LogP contribution in [0.3, 0.4) is 0 Å². The highest BCUT2D eigenvalue weighted by Gasteiger charge is 2.43. The summed E-state index contributed by atoms with van der Waals surface area (Å²) in [5.74, 6) is -1.84. The maximum atomic E-state index is 13.4. The number of carbonyl (C=O) groups is 2. The van der Waals surface area contributed by atoms with Crippen molar-refractivity contribution in [2.24, 2.45) is 0 Å². The minimum absolute atomic E-state index is 0.0985. The first-order valence-electron chi connectivity index (χ1n) is 10.7. The fourth-order valence-corrected chi connectivity index (χ4v) is 5.68. The Morgan fingerprint density at radius 3 is 2.69 bits per heavy atom. The number of likely N-dealkylation sites (N-methyl/N-ethyl adjacent to an activating group) is 1. The molecule has 14 heteroatoms. The molecule has 4 rings (SSSR count). The second kappa shape index (κ2) is 10.2. The number of amides is 2. The SMILES string of the molecule is CN1C(C(=O)Nc2ccc(F)c(Cl)c2)CC(C(=O)N[C@H]2CCN(c3ccnc(Cl)c3)C2)NS1(=O)=O. The van der Waals surface area contributed by atoms with Crippen molar-refractivity contribution in [1.82, 2.24) is 19.3 Å². The first-order valence-corrected chi connectivity index (χ1v) is 12.9. The molecule has 3 atom stereocenters. The summed E-state index contributed by atoms with van der Waals surface area (Å²) in [6.07, 6.45) is 2.15. The van der Waals surface area contributed by atoms with Crippen LogP contribution in [0.1, 0.15) is 12.8 Å². The van der Waals surface area contributed by atoms with Gasteiger partial charge in [0.15, 0.2) is 0 Å². The molecule has 3 heterocycles. The number of hydrogen-bond donors (Lipinski definition) is 3. The van der Waals surface area contributed by atoms with Crippen molar-refractivity contribution in [1.29, 1.82) is 0 Å². The third kappa shape index (κ3) is 5.84. The molecule has 2 aliphatic heterocycles. The van der Waals surface area contributed by atoms with Gasteiger partial charge in [0.05, 0.1) is 5.02 Å². The lowest BCUT2D eigenvalue weighted by Gasteiger charge is -2.35. The standard InChI is InChI=1S/C21H23Cl2FN6O4S/c1-29-18(21(32)26-12-2-3-16(24)15(22)8-12)10-17(28-35(29,33)34)20(31)27-13-5-7-30(11-13)14-4-6-25-19(23)9-14/h2-4,6,8-9,13,17-18,28H,5,7,10-11H2,1H3,(H,26,32)(H,27,31)/t13-,17?,18?/m0/s1. The summed E-state index contributed by atoms with van der Waals surface area (Å²) < 4.78 is 41.8. The predicted octanol–water partition coefficient (Wildman–Crippen LogP) is 1.77. The van der Waals surface area contributed by atoms with E-state index in [-0.39, 0.29) is 23.2 Å². The second-order valence-corrected chi connectivity index (χ2v) is 10.9. The Bertz CT molecular complexity index is 1250. The van der Waals surface area contributed by atoms with E-state index in [0.29, 0.717) is 24.7 Å². The zero-order valence-corrected chi connectivity index (χ0v) is 20.9. The molecular weight excluding hydrogens is 522 g/mol. The molecule has 35 heavy (non-hydrogen) atoms. The quantitative estimate of drug-likeness (QED) is 0.493. The molecule has 2 aliphatic rings. The molecule has 1 aromatic carbocycles. The molecule has 2 aromatic rings. The van der Waals surface area contributed by atoms with E-state index in [1.54, 1.807) is 12.3 Å². The van der Waals surface area contributed by atoms with Crippen molar-refractivity contribution in [2.45, 2.75) is 31.0 Å². The first-order chi connectivity index (χ1) is 16.5. The Hall–Kier alpha value is -2.51. The normalized spacial score (nSPS) is 24.2. The Morgan fingerprint density at radius 2 is 1.97 bits per heavy atom. The number of aromatic nitrogens is 1. The van der Waals surface area contributed by atoms with Gasteiger partial charge in [-0.1, -0.05) is 23.2 Å². The molecule has 2 amide bonds. The van der Waals surface area contributed by atoms with E-state index in [0.717, 1.165) is 16.1 Å². The molecular formula is C21H23Cl2FN6O4S. The molecule has 10 nitrogen and oxygen atoms in total. The van der Waals surface area contributed by atoms with Gasteiger partial charge in [-0.2, -0.15) is 17.4 Å². The van der Waals surface area contributed by atoms with Gasteiger partial charge in [-0.05, 0) is 43.2 Å². The van der Waals surface area contributed by atoms with E-state index in [2.05, 4.69) is 20.3 Å². The lowest BCUT2D eigenvalue weighted by molar-refractivity contribution is -0.125. The predicted molar refractivity (Wildman–Crippen MR) is 130 cm³/mol. The van der Waals surface area contributed by atoms with Crippen LogP contribution in [0.4, 0.5) is 15.8 Å². The summed E-state index contributed by atoms with van der Waals surface area (Å²) in [6, 6.07) is 4.63. The van der Waals surface area contributed by atoms with Gasteiger partial charge < -0.3 is 15.5 Å². The van der Waals surface area contributed by atoms with Gasteiger partial charge in [0.1, 0.15) is 23.1 Å². The zero-order valence-electron chi connectivity index (χ0n) is 18.5. The van der Waals surface area contributed by atoms with Crippen molar-refractivity contribution in [2.75, 3.05) is 30.4 Å². The Labute approximate surface area is 212 Å². The van der Waals surface area contributed by atoms with Crippen LogP contribution in [-0.4, -0.2) is 67.8 Å². The summed E-state index contributed by atoms with van der Waals surface area (Å²) in [7, 11) is -2.86. The van der Waals surface area contributed by atoms with Gasteiger partial charge >= 0.3 is 0 Å². The summed E-state index contributed by atoms with van der Waals surface area (Å²) in [5.41, 5.74) is 1.08. The molecule has 3 N–H and O–H groups in total. The van der Waals surface area contributed by atoms with Gasteiger partial charge in [-0.15, -0.1) is 0 Å². The number of carbonyl (C=O) groups excluding carboxylic acids is 2. The third-order valence-corrected chi connectivity index (χ3v) is 8.08. The number of nitrogens with zero attached hydrogens (tertiary/aromatic N) is 3. The first kappa shape index (κ1) is 25.6. The number of halogens is 3. The van der Waals surface area contributed by atoms with Gasteiger partial charge in [0, 0.05) is 43.8 Å².